The molecule has 1 heterocycles. The molecule has 0 unspecified atom stereocenters. The number of halogens is 1. The van der Waals surface area contributed by atoms with Crippen LogP contribution in [0.15, 0.2) is 24.3 Å². The second-order valence-corrected chi connectivity index (χ2v) is 4.51. The van der Waals surface area contributed by atoms with Gasteiger partial charge in [-0.1, -0.05) is 12.1 Å². The topological polar surface area (TPSA) is 69.2 Å². The standard InChI is InChI=1S/C14H17ClN4O2/c1-3-21-14-18-12(15)17-13(19-14)16-9-8-10-4-6-11(20-2)7-5-10/h4-7H,3,8-9H2,1-2H3,(H,16,17,18,19). The van der Waals surface area contributed by atoms with Crippen molar-refractivity contribution in [1.82, 2.24) is 15.0 Å². The van der Waals surface area contributed by atoms with Gasteiger partial charge >= 0.3 is 6.01 Å². The van der Waals surface area contributed by atoms with Crippen molar-refractivity contribution in [2.24, 2.45) is 0 Å². The van der Waals surface area contributed by atoms with Crippen LogP contribution in [0.2, 0.25) is 5.28 Å². The van der Waals surface area contributed by atoms with Gasteiger partial charge in [0.25, 0.3) is 0 Å². The molecule has 6 nitrogen and oxygen atoms in total. The molecule has 0 saturated carbocycles. The Labute approximate surface area is 128 Å². The van der Waals surface area contributed by atoms with Gasteiger partial charge in [-0.3, -0.25) is 0 Å². The molecule has 0 saturated heterocycles. The summed E-state index contributed by atoms with van der Waals surface area (Å²) in [6.07, 6.45) is 0.831. The zero-order valence-electron chi connectivity index (χ0n) is 12.0. The van der Waals surface area contributed by atoms with Crippen molar-refractivity contribution in [1.29, 1.82) is 0 Å². The first-order valence-electron chi connectivity index (χ1n) is 6.62. The van der Waals surface area contributed by atoms with Gasteiger partial charge in [-0.2, -0.15) is 15.0 Å². The van der Waals surface area contributed by atoms with E-state index in [0.29, 0.717) is 19.1 Å². The first kappa shape index (κ1) is 15.3. The van der Waals surface area contributed by atoms with Crippen molar-refractivity contribution in [2.75, 3.05) is 25.6 Å². The Bertz CT molecular complexity index is 578. The third-order valence-electron chi connectivity index (χ3n) is 2.72. The van der Waals surface area contributed by atoms with Crippen LogP contribution in [-0.4, -0.2) is 35.2 Å². The number of ether oxygens (including phenoxy) is 2. The second kappa shape index (κ2) is 7.64. The van der Waals surface area contributed by atoms with Gasteiger partial charge in [0, 0.05) is 6.54 Å². The molecule has 0 aliphatic carbocycles. The maximum absolute atomic E-state index is 5.82. The molecule has 1 aromatic carbocycles. The molecule has 7 heteroatoms. The number of nitrogens with zero attached hydrogens (tertiary/aromatic N) is 3. The lowest BCUT2D eigenvalue weighted by Crippen LogP contribution is -2.10. The molecule has 2 rings (SSSR count). The Morgan fingerprint density at radius 2 is 1.90 bits per heavy atom. The highest BCUT2D eigenvalue weighted by Gasteiger charge is 2.05. The summed E-state index contributed by atoms with van der Waals surface area (Å²) in [4.78, 5) is 12.0. The molecule has 1 N–H and O–H groups in total. The van der Waals surface area contributed by atoms with Crippen LogP contribution in [0.5, 0.6) is 11.8 Å². The number of methoxy groups -OCH3 is 1. The Morgan fingerprint density at radius 1 is 1.14 bits per heavy atom. The number of anilines is 1. The first-order chi connectivity index (χ1) is 10.2. The Balaban J connectivity index is 1.90. The van der Waals surface area contributed by atoms with Crippen LogP contribution in [0.1, 0.15) is 12.5 Å². The van der Waals surface area contributed by atoms with Gasteiger partial charge in [0.05, 0.1) is 13.7 Å². The molecule has 0 spiro atoms. The molecule has 112 valence electrons. The van der Waals surface area contributed by atoms with E-state index in [4.69, 9.17) is 21.1 Å². The zero-order valence-corrected chi connectivity index (χ0v) is 12.7. The minimum Gasteiger partial charge on any atom is -0.497 e. The van der Waals surface area contributed by atoms with Crippen LogP contribution in [0.4, 0.5) is 5.95 Å². The number of hydrogen-bond donors (Lipinski definition) is 1. The molecule has 2 aromatic rings. The average Bonchev–Trinajstić information content (AvgIpc) is 2.48. The molecule has 0 bridgehead atoms. The molecule has 0 aliphatic rings. The summed E-state index contributed by atoms with van der Waals surface area (Å²) < 4.78 is 10.3. The van der Waals surface area contributed by atoms with E-state index >= 15 is 0 Å². The fourth-order valence-corrected chi connectivity index (χ4v) is 1.87. The van der Waals surface area contributed by atoms with Crippen LogP contribution in [0.25, 0.3) is 0 Å². The average molecular weight is 309 g/mol. The Hall–Kier alpha value is -2.08. The summed E-state index contributed by atoms with van der Waals surface area (Å²) in [5, 5.41) is 3.21. The molecule has 0 aliphatic heterocycles. The third kappa shape index (κ3) is 4.75. The van der Waals surface area contributed by atoms with Crippen LogP contribution < -0.4 is 14.8 Å². The SMILES string of the molecule is CCOc1nc(Cl)nc(NCCc2ccc(OC)cc2)n1. The third-order valence-corrected chi connectivity index (χ3v) is 2.89. The van der Waals surface area contributed by atoms with Crippen molar-refractivity contribution >= 4 is 17.5 Å². The molecule has 0 fully saturated rings. The highest BCUT2D eigenvalue weighted by atomic mass is 35.5. The number of benzene rings is 1. The highest BCUT2D eigenvalue weighted by molar-refractivity contribution is 6.28. The molecular formula is C14H17ClN4O2. The van der Waals surface area contributed by atoms with E-state index in [0.717, 1.165) is 12.2 Å². The normalized spacial score (nSPS) is 10.2. The van der Waals surface area contributed by atoms with E-state index in [2.05, 4.69) is 20.3 Å². The Morgan fingerprint density at radius 3 is 2.57 bits per heavy atom. The number of hydrogen-bond acceptors (Lipinski definition) is 6. The van der Waals surface area contributed by atoms with Gasteiger partial charge in [-0.25, -0.2) is 0 Å². The minimum absolute atomic E-state index is 0.111. The quantitative estimate of drug-likeness (QED) is 0.848. The minimum atomic E-state index is 0.111. The largest absolute Gasteiger partial charge is 0.497 e. The van der Waals surface area contributed by atoms with E-state index < -0.39 is 0 Å². The van der Waals surface area contributed by atoms with Crippen molar-refractivity contribution in [3.05, 3.63) is 35.1 Å². The number of rotatable bonds is 7. The van der Waals surface area contributed by atoms with Gasteiger partial charge < -0.3 is 14.8 Å². The molecule has 1 aromatic heterocycles. The van der Waals surface area contributed by atoms with Gasteiger partial charge in [0.2, 0.25) is 11.2 Å². The fraction of sp³-hybridized carbons (Fsp3) is 0.357. The maximum atomic E-state index is 5.82. The predicted molar refractivity (Wildman–Crippen MR) is 81.2 cm³/mol. The first-order valence-corrected chi connectivity index (χ1v) is 7.00. The number of nitrogens with one attached hydrogen (secondary N) is 1. The van der Waals surface area contributed by atoms with E-state index in [9.17, 15) is 0 Å². The summed E-state index contributed by atoms with van der Waals surface area (Å²) in [6.45, 7) is 3.01. The molecule has 21 heavy (non-hydrogen) atoms. The number of aromatic nitrogens is 3. The lowest BCUT2D eigenvalue weighted by molar-refractivity contribution is 0.312. The highest BCUT2D eigenvalue weighted by Crippen LogP contribution is 2.13. The van der Waals surface area contributed by atoms with Gasteiger partial charge in [-0.05, 0) is 42.6 Å². The molecule has 0 atom stereocenters. The second-order valence-electron chi connectivity index (χ2n) is 4.17. The van der Waals surface area contributed by atoms with Crippen LogP contribution >= 0.6 is 11.6 Å². The van der Waals surface area contributed by atoms with Gasteiger partial charge in [0.1, 0.15) is 5.75 Å². The zero-order chi connectivity index (χ0) is 15.1. The summed E-state index contributed by atoms with van der Waals surface area (Å²) in [6, 6.07) is 8.13. The van der Waals surface area contributed by atoms with Crippen molar-refractivity contribution < 1.29 is 9.47 Å². The summed E-state index contributed by atoms with van der Waals surface area (Å²) in [7, 11) is 1.65. The van der Waals surface area contributed by atoms with Crippen LogP contribution in [-0.2, 0) is 6.42 Å². The Kier molecular flexibility index (Phi) is 5.57. The predicted octanol–water partition coefficient (Wildman–Crippen LogP) is 2.59. The van der Waals surface area contributed by atoms with Crippen LogP contribution in [0, 0.1) is 0 Å². The fourth-order valence-electron chi connectivity index (χ4n) is 1.72. The summed E-state index contributed by atoms with van der Waals surface area (Å²) >= 11 is 5.82. The van der Waals surface area contributed by atoms with Gasteiger partial charge in [0.15, 0.2) is 0 Å². The van der Waals surface area contributed by atoms with Crippen molar-refractivity contribution in [2.45, 2.75) is 13.3 Å². The molecule has 0 radical (unpaired) electrons. The van der Waals surface area contributed by atoms with Gasteiger partial charge in [-0.15, -0.1) is 0 Å². The van der Waals surface area contributed by atoms with Crippen molar-refractivity contribution in [3.63, 3.8) is 0 Å². The van der Waals surface area contributed by atoms with Crippen molar-refractivity contribution in [3.8, 4) is 11.8 Å². The van der Waals surface area contributed by atoms with E-state index in [-0.39, 0.29) is 11.3 Å². The van der Waals surface area contributed by atoms with E-state index in [1.807, 2.05) is 31.2 Å². The van der Waals surface area contributed by atoms with E-state index in [1.54, 1.807) is 7.11 Å². The molecular weight excluding hydrogens is 292 g/mol. The maximum Gasteiger partial charge on any atom is 0.322 e. The summed E-state index contributed by atoms with van der Waals surface area (Å²) in [5.74, 6) is 1.25. The van der Waals surface area contributed by atoms with Crippen LogP contribution in [0.3, 0.4) is 0 Å². The van der Waals surface area contributed by atoms with E-state index in [1.165, 1.54) is 5.56 Å². The molecule has 0 amide bonds. The monoisotopic (exact) mass is 308 g/mol. The lowest BCUT2D eigenvalue weighted by Gasteiger charge is -2.07. The smallest absolute Gasteiger partial charge is 0.322 e. The lowest BCUT2D eigenvalue weighted by atomic mass is 10.1. The summed E-state index contributed by atoms with van der Waals surface area (Å²) in [5.41, 5.74) is 1.19.